The predicted octanol–water partition coefficient (Wildman–Crippen LogP) is -0.667. The molecule has 1 saturated heterocycles. The molecule has 8 heteroatoms. The van der Waals surface area contributed by atoms with Crippen LogP contribution >= 0.6 is 0 Å². The Morgan fingerprint density at radius 1 is 1.61 bits per heavy atom. The zero-order valence-corrected chi connectivity index (χ0v) is 10.8. The second-order valence-corrected chi connectivity index (χ2v) is 5.91. The zero-order valence-electron chi connectivity index (χ0n) is 9.95. The molecular weight excluding hydrogens is 258 g/mol. The normalized spacial score (nSPS) is 21.1. The molecule has 0 aromatic carbocycles. The molecule has 0 bridgehead atoms. The van der Waals surface area contributed by atoms with E-state index in [1.54, 1.807) is 0 Å². The molecule has 1 unspecified atom stereocenters. The fraction of sp³-hybridized carbons (Fsp3) is 0.700. The molecule has 1 aliphatic rings. The minimum atomic E-state index is -3.55. The molecule has 18 heavy (non-hydrogen) atoms. The van der Waals surface area contributed by atoms with Crippen LogP contribution in [0.5, 0.6) is 0 Å². The first kappa shape index (κ1) is 13.5. The van der Waals surface area contributed by atoms with Crippen molar-refractivity contribution in [1.82, 2.24) is 14.5 Å². The molecule has 1 fully saturated rings. The van der Waals surface area contributed by atoms with Crippen LogP contribution in [-0.4, -0.2) is 49.2 Å². The summed E-state index contributed by atoms with van der Waals surface area (Å²) >= 11 is 0. The van der Waals surface area contributed by atoms with E-state index in [1.165, 1.54) is 17.1 Å². The number of aliphatic hydroxyl groups is 1. The van der Waals surface area contributed by atoms with Crippen molar-refractivity contribution in [3.8, 4) is 0 Å². The van der Waals surface area contributed by atoms with E-state index >= 15 is 0 Å². The molecule has 0 saturated carbocycles. The maximum atomic E-state index is 12.0. The van der Waals surface area contributed by atoms with Crippen molar-refractivity contribution >= 4 is 10.0 Å². The summed E-state index contributed by atoms with van der Waals surface area (Å²) < 4.78 is 33.3. The molecule has 0 amide bonds. The fourth-order valence-corrected chi connectivity index (χ4v) is 3.04. The Labute approximate surface area is 106 Å². The number of hydrogen-bond donors (Lipinski definition) is 2. The number of hydrogen-bond acceptors (Lipinski definition) is 5. The van der Waals surface area contributed by atoms with Gasteiger partial charge in [-0.05, 0) is 12.8 Å². The first-order valence-corrected chi connectivity index (χ1v) is 7.33. The monoisotopic (exact) mass is 275 g/mol. The fourth-order valence-electron chi connectivity index (χ4n) is 1.83. The molecule has 2 N–H and O–H groups in total. The topological polar surface area (TPSA) is 93.5 Å². The lowest BCUT2D eigenvalue weighted by Crippen LogP contribution is -2.40. The van der Waals surface area contributed by atoms with Crippen LogP contribution in [0.4, 0.5) is 0 Å². The molecule has 1 aliphatic heterocycles. The van der Waals surface area contributed by atoms with Crippen LogP contribution < -0.4 is 4.72 Å². The minimum absolute atomic E-state index is 0.0783. The van der Waals surface area contributed by atoms with Crippen LogP contribution in [0.3, 0.4) is 0 Å². The van der Waals surface area contributed by atoms with Crippen molar-refractivity contribution < 1.29 is 18.3 Å². The first-order valence-electron chi connectivity index (χ1n) is 5.85. The number of nitrogens with zero attached hydrogens (tertiary/aromatic N) is 2. The quantitative estimate of drug-likeness (QED) is 0.743. The lowest BCUT2D eigenvalue weighted by Gasteiger charge is -2.22. The number of sulfonamides is 1. The van der Waals surface area contributed by atoms with E-state index in [1.807, 2.05) is 0 Å². The Hall–Kier alpha value is -0.960. The lowest BCUT2D eigenvalue weighted by molar-refractivity contribution is 0.0774. The molecular formula is C10H17N3O4S. The van der Waals surface area contributed by atoms with Crippen molar-refractivity contribution in [3.63, 3.8) is 0 Å². The molecule has 0 radical (unpaired) electrons. The average molecular weight is 275 g/mol. The number of ether oxygens (including phenoxy) is 1. The van der Waals surface area contributed by atoms with Gasteiger partial charge in [-0.1, -0.05) is 0 Å². The Morgan fingerprint density at radius 2 is 2.44 bits per heavy atom. The van der Waals surface area contributed by atoms with E-state index in [2.05, 4.69) is 9.82 Å². The van der Waals surface area contributed by atoms with Crippen molar-refractivity contribution in [2.75, 3.05) is 19.8 Å². The van der Waals surface area contributed by atoms with Crippen LogP contribution in [0.2, 0.25) is 0 Å². The van der Waals surface area contributed by atoms with Gasteiger partial charge in [0.25, 0.3) is 0 Å². The summed E-state index contributed by atoms with van der Waals surface area (Å²) in [5.74, 6) is 0. The van der Waals surface area contributed by atoms with Gasteiger partial charge >= 0.3 is 0 Å². The average Bonchev–Trinajstić information content (AvgIpc) is 2.80. The maximum absolute atomic E-state index is 12.0. The van der Waals surface area contributed by atoms with E-state index < -0.39 is 10.0 Å². The van der Waals surface area contributed by atoms with Gasteiger partial charge in [0.05, 0.1) is 26.0 Å². The third-order valence-corrected chi connectivity index (χ3v) is 4.21. The van der Waals surface area contributed by atoms with Gasteiger partial charge in [-0.2, -0.15) is 5.10 Å². The van der Waals surface area contributed by atoms with E-state index in [9.17, 15) is 8.42 Å². The molecule has 1 aromatic rings. The second-order valence-electron chi connectivity index (χ2n) is 4.20. The number of rotatable bonds is 5. The molecule has 1 atom stereocenters. The van der Waals surface area contributed by atoms with Crippen LogP contribution in [-0.2, 0) is 21.3 Å². The molecule has 2 rings (SSSR count). The van der Waals surface area contributed by atoms with Crippen LogP contribution in [0.25, 0.3) is 0 Å². The lowest BCUT2D eigenvalue weighted by atomic mass is 10.1. The van der Waals surface area contributed by atoms with Crippen molar-refractivity contribution in [1.29, 1.82) is 0 Å². The van der Waals surface area contributed by atoms with E-state index in [4.69, 9.17) is 9.84 Å². The molecule has 2 heterocycles. The highest BCUT2D eigenvalue weighted by atomic mass is 32.2. The standard InChI is InChI=1S/C10H17N3O4S/c14-4-3-13-7-10(6-11-13)18(15,16)12-9-2-1-5-17-8-9/h6-7,9,12,14H,1-5,8H2. The van der Waals surface area contributed by atoms with Crippen LogP contribution in [0.15, 0.2) is 17.3 Å². The van der Waals surface area contributed by atoms with E-state index in [-0.39, 0.29) is 24.1 Å². The largest absolute Gasteiger partial charge is 0.394 e. The third kappa shape index (κ3) is 3.29. The summed E-state index contributed by atoms with van der Waals surface area (Å²) in [6.07, 6.45) is 4.32. The molecule has 1 aromatic heterocycles. The Kier molecular flexibility index (Phi) is 4.33. The van der Waals surface area contributed by atoms with Gasteiger partial charge < -0.3 is 9.84 Å². The maximum Gasteiger partial charge on any atom is 0.244 e. The molecule has 0 spiro atoms. The van der Waals surface area contributed by atoms with Crippen molar-refractivity contribution in [2.45, 2.75) is 30.3 Å². The van der Waals surface area contributed by atoms with Gasteiger partial charge in [-0.3, -0.25) is 4.68 Å². The molecule has 102 valence electrons. The minimum Gasteiger partial charge on any atom is -0.394 e. The van der Waals surface area contributed by atoms with Crippen LogP contribution in [0, 0.1) is 0 Å². The number of aliphatic hydroxyl groups excluding tert-OH is 1. The van der Waals surface area contributed by atoms with Gasteiger partial charge in [0.1, 0.15) is 4.90 Å². The number of aromatic nitrogens is 2. The summed E-state index contributed by atoms with van der Waals surface area (Å²) in [7, 11) is -3.55. The number of nitrogens with one attached hydrogen (secondary N) is 1. The highest BCUT2D eigenvalue weighted by Gasteiger charge is 2.23. The van der Waals surface area contributed by atoms with E-state index in [0.717, 1.165) is 12.8 Å². The van der Waals surface area contributed by atoms with Gasteiger partial charge in [-0.15, -0.1) is 0 Å². The molecule has 0 aliphatic carbocycles. The Balaban J connectivity index is 2.04. The third-order valence-electron chi connectivity index (χ3n) is 2.73. The summed E-state index contributed by atoms with van der Waals surface area (Å²) in [6.45, 7) is 1.30. The van der Waals surface area contributed by atoms with Gasteiger partial charge in [0.2, 0.25) is 10.0 Å². The summed E-state index contributed by atoms with van der Waals surface area (Å²) in [5, 5.41) is 12.6. The molecule has 7 nitrogen and oxygen atoms in total. The van der Waals surface area contributed by atoms with E-state index in [0.29, 0.717) is 13.2 Å². The summed E-state index contributed by atoms with van der Waals surface area (Å²) in [5.41, 5.74) is 0. The smallest absolute Gasteiger partial charge is 0.244 e. The summed E-state index contributed by atoms with van der Waals surface area (Å²) in [4.78, 5) is 0.113. The summed E-state index contributed by atoms with van der Waals surface area (Å²) in [6, 6.07) is -0.176. The SMILES string of the molecule is O=S(=O)(NC1CCCOC1)c1cnn(CCO)c1. The van der Waals surface area contributed by atoms with Gasteiger partial charge in [0, 0.05) is 18.8 Å². The predicted molar refractivity (Wildman–Crippen MR) is 63.5 cm³/mol. The van der Waals surface area contributed by atoms with Crippen molar-refractivity contribution in [2.24, 2.45) is 0 Å². The first-order chi connectivity index (χ1) is 8.62. The Bertz CT molecular complexity index is 479. The second kappa shape index (κ2) is 5.79. The Morgan fingerprint density at radius 3 is 3.11 bits per heavy atom. The zero-order chi connectivity index (χ0) is 13.0. The van der Waals surface area contributed by atoms with Crippen molar-refractivity contribution in [3.05, 3.63) is 12.4 Å². The van der Waals surface area contributed by atoms with Gasteiger partial charge in [-0.25, -0.2) is 13.1 Å². The highest BCUT2D eigenvalue weighted by molar-refractivity contribution is 7.89. The highest BCUT2D eigenvalue weighted by Crippen LogP contribution is 2.12. The van der Waals surface area contributed by atoms with Crippen LogP contribution in [0.1, 0.15) is 12.8 Å². The van der Waals surface area contributed by atoms with Gasteiger partial charge in [0.15, 0.2) is 0 Å².